The van der Waals surface area contributed by atoms with Crippen molar-refractivity contribution in [3.8, 4) is 5.75 Å². The van der Waals surface area contributed by atoms with Crippen LogP contribution in [-0.2, 0) is 0 Å². The normalized spacial score (nSPS) is 9.61. The van der Waals surface area contributed by atoms with Crippen molar-refractivity contribution in [3.63, 3.8) is 0 Å². The number of hydrogen-bond acceptors (Lipinski definition) is 3. The molecule has 2 rings (SSSR count). The SMILES string of the molecule is CC.COc1cccc2c(C(C)=O)nc(Cl)cc12. The highest BCUT2D eigenvalue weighted by Gasteiger charge is 2.11. The first-order chi connectivity index (χ1) is 8.63. The first-order valence-corrected chi connectivity index (χ1v) is 6.15. The van der Waals surface area contributed by atoms with E-state index < -0.39 is 0 Å². The van der Waals surface area contributed by atoms with Gasteiger partial charge < -0.3 is 4.74 Å². The number of Topliss-reactive ketones (excluding diaryl/α,β-unsaturated/α-hetero) is 1. The molecule has 0 aliphatic carbocycles. The lowest BCUT2D eigenvalue weighted by molar-refractivity contribution is 0.101. The zero-order valence-electron chi connectivity index (χ0n) is 11.0. The number of hydrogen-bond donors (Lipinski definition) is 0. The third kappa shape index (κ3) is 2.79. The summed E-state index contributed by atoms with van der Waals surface area (Å²) < 4.78 is 5.22. The van der Waals surface area contributed by atoms with E-state index in [1.807, 2.05) is 32.0 Å². The van der Waals surface area contributed by atoms with Crippen molar-refractivity contribution in [2.24, 2.45) is 0 Å². The molecular formula is C14H16ClNO2. The third-order valence-electron chi connectivity index (χ3n) is 2.36. The fourth-order valence-corrected chi connectivity index (χ4v) is 1.86. The summed E-state index contributed by atoms with van der Waals surface area (Å²) >= 11 is 5.88. The molecule has 0 aliphatic rings. The van der Waals surface area contributed by atoms with Crippen LogP contribution in [0.15, 0.2) is 24.3 Å². The number of pyridine rings is 1. The van der Waals surface area contributed by atoms with E-state index >= 15 is 0 Å². The lowest BCUT2D eigenvalue weighted by Gasteiger charge is -2.07. The van der Waals surface area contributed by atoms with Crippen LogP contribution >= 0.6 is 11.6 Å². The lowest BCUT2D eigenvalue weighted by Crippen LogP contribution is -1.99. The average Bonchev–Trinajstić information content (AvgIpc) is 2.39. The van der Waals surface area contributed by atoms with Gasteiger partial charge in [0.15, 0.2) is 5.78 Å². The van der Waals surface area contributed by atoms with Gasteiger partial charge in [-0.2, -0.15) is 0 Å². The van der Waals surface area contributed by atoms with Gasteiger partial charge in [-0.1, -0.05) is 37.6 Å². The van der Waals surface area contributed by atoms with E-state index in [0.29, 0.717) is 16.6 Å². The molecule has 0 amide bonds. The Morgan fingerprint density at radius 2 is 1.94 bits per heavy atom. The van der Waals surface area contributed by atoms with Gasteiger partial charge >= 0.3 is 0 Å². The number of fused-ring (bicyclic) bond motifs is 1. The predicted octanol–water partition coefficient (Wildman–Crippen LogP) is 4.13. The van der Waals surface area contributed by atoms with Crippen molar-refractivity contribution in [1.82, 2.24) is 4.98 Å². The molecule has 0 radical (unpaired) electrons. The second kappa shape index (κ2) is 6.36. The predicted molar refractivity (Wildman–Crippen MR) is 74.7 cm³/mol. The highest BCUT2D eigenvalue weighted by Crippen LogP contribution is 2.29. The molecule has 0 bridgehead atoms. The maximum absolute atomic E-state index is 11.4. The van der Waals surface area contributed by atoms with E-state index in [1.54, 1.807) is 13.2 Å². The van der Waals surface area contributed by atoms with Crippen LogP contribution in [0.25, 0.3) is 10.8 Å². The topological polar surface area (TPSA) is 39.2 Å². The van der Waals surface area contributed by atoms with Crippen LogP contribution in [0.3, 0.4) is 0 Å². The van der Waals surface area contributed by atoms with Gasteiger partial charge in [-0.15, -0.1) is 0 Å². The van der Waals surface area contributed by atoms with Crippen molar-refractivity contribution in [2.75, 3.05) is 7.11 Å². The number of benzene rings is 1. The summed E-state index contributed by atoms with van der Waals surface area (Å²) in [6.07, 6.45) is 0. The van der Waals surface area contributed by atoms with Crippen molar-refractivity contribution in [2.45, 2.75) is 20.8 Å². The van der Waals surface area contributed by atoms with Gasteiger partial charge in [0.1, 0.15) is 16.6 Å². The molecule has 4 heteroatoms. The molecule has 0 saturated heterocycles. The van der Waals surface area contributed by atoms with Crippen LogP contribution in [0.1, 0.15) is 31.3 Å². The zero-order chi connectivity index (χ0) is 13.7. The molecule has 3 nitrogen and oxygen atoms in total. The Morgan fingerprint density at radius 1 is 1.28 bits per heavy atom. The van der Waals surface area contributed by atoms with E-state index in [-0.39, 0.29) is 5.78 Å². The Bertz CT molecular complexity index is 567. The third-order valence-corrected chi connectivity index (χ3v) is 2.55. The summed E-state index contributed by atoms with van der Waals surface area (Å²) in [6, 6.07) is 7.17. The Labute approximate surface area is 112 Å². The summed E-state index contributed by atoms with van der Waals surface area (Å²) in [5.41, 5.74) is 0.376. The Balaban J connectivity index is 0.000000771. The number of ketones is 1. The second-order valence-electron chi connectivity index (χ2n) is 3.41. The van der Waals surface area contributed by atoms with Crippen LogP contribution in [0.2, 0.25) is 5.15 Å². The van der Waals surface area contributed by atoms with Gasteiger partial charge in [0.05, 0.1) is 7.11 Å². The summed E-state index contributed by atoms with van der Waals surface area (Å²) in [6.45, 7) is 5.47. The van der Waals surface area contributed by atoms with Gasteiger partial charge in [-0.25, -0.2) is 4.98 Å². The Kier molecular flexibility index (Phi) is 5.10. The van der Waals surface area contributed by atoms with Crippen LogP contribution < -0.4 is 4.74 Å². The first kappa shape index (κ1) is 14.5. The molecule has 0 unspecified atom stereocenters. The minimum absolute atomic E-state index is 0.110. The fourth-order valence-electron chi connectivity index (χ4n) is 1.66. The maximum atomic E-state index is 11.4. The van der Waals surface area contributed by atoms with Crippen molar-refractivity contribution >= 4 is 28.2 Å². The molecule has 1 heterocycles. The van der Waals surface area contributed by atoms with Crippen LogP contribution in [0.4, 0.5) is 0 Å². The molecule has 0 saturated carbocycles. The van der Waals surface area contributed by atoms with Crippen LogP contribution in [-0.4, -0.2) is 17.9 Å². The number of nitrogens with zero attached hydrogens (tertiary/aromatic N) is 1. The van der Waals surface area contributed by atoms with Gasteiger partial charge in [-0.05, 0) is 12.1 Å². The zero-order valence-corrected chi connectivity index (χ0v) is 11.7. The number of halogens is 1. The van der Waals surface area contributed by atoms with E-state index in [4.69, 9.17) is 16.3 Å². The highest BCUT2D eigenvalue weighted by atomic mass is 35.5. The highest BCUT2D eigenvalue weighted by molar-refractivity contribution is 6.30. The molecule has 96 valence electrons. The van der Waals surface area contributed by atoms with E-state index in [9.17, 15) is 4.79 Å². The molecule has 1 aromatic heterocycles. The molecular weight excluding hydrogens is 250 g/mol. The monoisotopic (exact) mass is 265 g/mol. The first-order valence-electron chi connectivity index (χ1n) is 5.77. The molecule has 0 aliphatic heterocycles. The number of aromatic nitrogens is 1. The fraction of sp³-hybridized carbons (Fsp3) is 0.286. The summed E-state index contributed by atoms with van der Waals surface area (Å²) in [7, 11) is 1.58. The van der Waals surface area contributed by atoms with Crippen molar-refractivity contribution in [3.05, 3.63) is 35.1 Å². The number of methoxy groups -OCH3 is 1. The smallest absolute Gasteiger partial charge is 0.178 e. The molecule has 0 fully saturated rings. The summed E-state index contributed by atoms with van der Waals surface area (Å²) in [4.78, 5) is 15.5. The molecule has 0 spiro atoms. The summed E-state index contributed by atoms with van der Waals surface area (Å²) in [5.74, 6) is 0.574. The average molecular weight is 266 g/mol. The van der Waals surface area contributed by atoms with Gasteiger partial charge in [0, 0.05) is 17.7 Å². The van der Waals surface area contributed by atoms with Gasteiger partial charge in [0.25, 0.3) is 0 Å². The molecule has 18 heavy (non-hydrogen) atoms. The lowest BCUT2D eigenvalue weighted by atomic mass is 10.1. The second-order valence-corrected chi connectivity index (χ2v) is 3.79. The summed E-state index contributed by atoms with van der Waals surface area (Å²) in [5, 5.41) is 1.86. The van der Waals surface area contributed by atoms with E-state index in [1.165, 1.54) is 6.92 Å². The number of carbonyl (C=O) groups excluding carboxylic acids is 1. The van der Waals surface area contributed by atoms with Crippen LogP contribution in [0, 0.1) is 0 Å². The van der Waals surface area contributed by atoms with Gasteiger partial charge in [0.2, 0.25) is 0 Å². The maximum Gasteiger partial charge on any atom is 0.178 e. The standard InChI is InChI=1S/C12H10ClNO2.C2H6/c1-7(15)12-8-4-3-5-10(16-2)9(8)6-11(13)14-12;1-2/h3-6H,1-2H3;1-2H3. The number of ether oxygens (including phenoxy) is 1. The van der Waals surface area contributed by atoms with Crippen molar-refractivity contribution in [1.29, 1.82) is 0 Å². The van der Waals surface area contributed by atoms with Crippen LogP contribution in [0.5, 0.6) is 5.75 Å². The van der Waals surface area contributed by atoms with E-state index in [2.05, 4.69) is 4.98 Å². The van der Waals surface area contributed by atoms with E-state index in [0.717, 1.165) is 10.8 Å². The molecule has 0 atom stereocenters. The molecule has 1 aromatic carbocycles. The minimum Gasteiger partial charge on any atom is -0.496 e. The van der Waals surface area contributed by atoms with Gasteiger partial charge in [-0.3, -0.25) is 4.79 Å². The number of rotatable bonds is 2. The Hall–Kier alpha value is -1.61. The molecule has 0 N–H and O–H groups in total. The largest absolute Gasteiger partial charge is 0.496 e. The molecule has 2 aromatic rings. The number of carbonyl (C=O) groups is 1. The Morgan fingerprint density at radius 3 is 2.50 bits per heavy atom. The van der Waals surface area contributed by atoms with Crippen molar-refractivity contribution < 1.29 is 9.53 Å². The quantitative estimate of drug-likeness (QED) is 0.605. The minimum atomic E-state index is -0.110.